The molecule has 0 unspecified atom stereocenters. The summed E-state index contributed by atoms with van der Waals surface area (Å²) in [5.74, 6) is 0.850. The number of nitrogens with zero attached hydrogens (tertiary/aromatic N) is 2. The quantitative estimate of drug-likeness (QED) is 0.802. The van der Waals surface area contributed by atoms with Crippen LogP contribution in [0.25, 0.3) is 0 Å². The van der Waals surface area contributed by atoms with E-state index in [9.17, 15) is 0 Å². The Hall–Kier alpha value is -1.04. The van der Waals surface area contributed by atoms with Crippen LogP contribution in [-0.4, -0.2) is 18.0 Å². The molecule has 0 aliphatic carbocycles. The second-order valence-corrected chi connectivity index (χ2v) is 5.28. The van der Waals surface area contributed by atoms with E-state index in [1.165, 1.54) is 12.8 Å². The normalized spacial score (nSPS) is 17.9. The number of piperidine rings is 1. The number of hydrogen-bond acceptors (Lipinski definition) is 2. The average Bonchev–Trinajstić information content (AvgIpc) is 2.34. The molecule has 1 aliphatic heterocycles. The molecule has 1 aromatic carbocycles. The fraction of sp³-hybridized carbons (Fsp3) is 0.500. The minimum atomic E-state index is 0.631. The lowest BCUT2D eigenvalue weighted by Crippen LogP contribution is -2.32. The largest absolute Gasteiger partial charge is 0.299 e. The van der Waals surface area contributed by atoms with Crippen molar-refractivity contribution in [3.63, 3.8) is 0 Å². The zero-order valence-corrected chi connectivity index (χ0v) is 10.9. The molecule has 1 aromatic rings. The van der Waals surface area contributed by atoms with Crippen LogP contribution in [0.1, 0.15) is 30.9 Å². The first-order valence-electron chi connectivity index (χ1n) is 6.10. The van der Waals surface area contributed by atoms with Crippen LogP contribution in [0, 0.1) is 17.2 Å². The Morgan fingerprint density at radius 3 is 2.71 bits per heavy atom. The SMILES string of the molecule is CC1CCN(Cc2ccc(C#N)cc2Cl)CC1. The molecule has 1 saturated heterocycles. The molecule has 3 heteroatoms. The average molecular weight is 249 g/mol. The lowest BCUT2D eigenvalue weighted by molar-refractivity contribution is 0.185. The monoisotopic (exact) mass is 248 g/mol. The first kappa shape index (κ1) is 12.4. The second kappa shape index (κ2) is 5.53. The molecule has 1 fully saturated rings. The van der Waals surface area contributed by atoms with E-state index in [4.69, 9.17) is 16.9 Å². The van der Waals surface area contributed by atoms with E-state index in [-0.39, 0.29) is 0 Å². The highest BCUT2D eigenvalue weighted by molar-refractivity contribution is 6.31. The van der Waals surface area contributed by atoms with Crippen molar-refractivity contribution in [2.75, 3.05) is 13.1 Å². The molecule has 2 nitrogen and oxygen atoms in total. The summed E-state index contributed by atoms with van der Waals surface area (Å²) in [6, 6.07) is 7.67. The number of rotatable bonds is 2. The predicted molar refractivity (Wildman–Crippen MR) is 69.8 cm³/mol. The summed E-state index contributed by atoms with van der Waals surface area (Å²) in [6.45, 7) is 5.51. The number of halogens is 1. The Kier molecular flexibility index (Phi) is 4.04. The molecule has 90 valence electrons. The highest BCUT2D eigenvalue weighted by atomic mass is 35.5. The van der Waals surface area contributed by atoms with E-state index < -0.39 is 0 Å². The maximum Gasteiger partial charge on any atom is 0.0992 e. The van der Waals surface area contributed by atoms with Gasteiger partial charge in [0.05, 0.1) is 11.6 Å². The summed E-state index contributed by atoms with van der Waals surface area (Å²) in [7, 11) is 0. The fourth-order valence-corrected chi connectivity index (χ4v) is 2.45. The van der Waals surface area contributed by atoms with Gasteiger partial charge in [-0.2, -0.15) is 5.26 Å². The van der Waals surface area contributed by atoms with Crippen LogP contribution in [0.5, 0.6) is 0 Å². The minimum Gasteiger partial charge on any atom is -0.299 e. The second-order valence-electron chi connectivity index (χ2n) is 4.88. The molecule has 0 N–H and O–H groups in total. The summed E-state index contributed by atoms with van der Waals surface area (Å²) in [6.07, 6.45) is 2.54. The van der Waals surface area contributed by atoms with E-state index in [1.807, 2.05) is 12.1 Å². The van der Waals surface area contributed by atoms with Gasteiger partial charge in [-0.3, -0.25) is 4.90 Å². The molecule has 0 saturated carbocycles. The van der Waals surface area contributed by atoms with Gasteiger partial charge in [-0.05, 0) is 49.5 Å². The maximum absolute atomic E-state index is 8.78. The van der Waals surface area contributed by atoms with Gasteiger partial charge in [-0.1, -0.05) is 24.6 Å². The van der Waals surface area contributed by atoms with Crippen LogP contribution >= 0.6 is 11.6 Å². The molecule has 0 spiro atoms. The first-order chi connectivity index (χ1) is 8.19. The molecule has 0 amide bonds. The third-order valence-electron chi connectivity index (χ3n) is 3.45. The van der Waals surface area contributed by atoms with E-state index in [1.54, 1.807) is 6.07 Å². The van der Waals surface area contributed by atoms with E-state index >= 15 is 0 Å². The molecule has 1 aliphatic rings. The van der Waals surface area contributed by atoms with Crippen LogP contribution < -0.4 is 0 Å². The maximum atomic E-state index is 8.78. The lowest BCUT2D eigenvalue weighted by atomic mass is 9.99. The van der Waals surface area contributed by atoms with Crippen molar-refractivity contribution in [1.82, 2.24) is 4.90 Å². The molecule has 2 rings (SSSR count). The summed E-state index contributed by atoms with van der Waals surface area (Å²) >= 11 is 6.18. The molecule has 1 heterocycles. The Morgan fingerprint density at radius 1 is 1.41 bits per heavy atom. The number of likely N-dealkylation sites (tertiary alicyclic amines) is 1. The number of hydrogen-bond donors (Lipinski definition) is 0. The van der Waals surface area contributed by atoms with Crippen molar-refractivity contribution in [1.29, 1.82) is 5.26 Å². The third-order valence-corrected chi connectivity index (χ3v) is 3.80. The summed E-state index contributed by atoms with van der Waals surface area (Å²) in [5, 5.41) is 9.50. The van der Waals surface area contributed by atoms with E-state index in [2.05, 4.69) is 17.9 Å². The number of benzene rings is 1. The van der Waals surface area contributed by atoms with Crippen molar-refractivity contribution in [2.45, 2.75) is 26.3 Å². The van der Waals surface area contributed by atoms with Gasteiger partial charge in [-0.15, -0.1) is 0 Å². The number of nitriles is 1. The molecular formula is C14H17ClN2. The Morgan fingerprint density at radius 2 is 2.12 bits per heavy atom. The molecule has 0 radical (unpaired) electrons. The third kappa shape index (κ3) is 3.21. The standard InChI is InChI=1S/C14H17ClN2/c1-11-4-6-17(7-5-11)10-13-3-2-12(9-16)8-14(13)15/h2-3,8,11H,4-7,10H2,1H3. The van der Waals surface area contributed by atoms with Gasteiger partial charge >= 0.3 is 0 Å². The van der Waals surface area contributed by atoms with Crippen LogP contribution in [0.2, 0.25) is 5.02 Å². The van der Waals surface area contributed by atoms with Gasteiger partial charge in [0, 0.05) is 11.6 Å². The van der Waals surface area contributed by atoms with E-state index in [0.717, 1.165) is 31.1 Å². The molecule has 17 heavy (non-hydrogen) atoms. The van der Waals surface area contributed by atoms with Gasteiger partial charge < -0.3 is 0 Å². The topological polar surface area (TPSA) is 27.0 Å². The fourth-order valence-electron chi connectivity index (χ4n) is 2.21. The molecular weight excluding hydrogens is 232 g/mol. The van der Waals surface area contributed by atoms with Gasteiger partial charge in [0.1, 0.15) is 0 Å². The van der Waals surface area contributed by atoms with Crippen molar-refractivity contribution in [3.05, 3.63) is 34.3 Å². The molecule has 0 aromatic heterocycles. The van der Waals surface area contributed by atoms with E-state index in [0.29, 0.717) is 10.6 Å². The summed E-state index contributed by atoms with van der Waals surface area (Å²) in [5.41, 5.74) is 1.76. The van der Waals surface area contributed by atoms with Crippen LogP contribution in [0.15, 0.2) is 18.2 Å². The van der Waals surface area contributed by atoms with Crippen molar-refractivity contribution in [3.8, 4) is 6.07 Å². The summed E-state index contributed by atoms with van der Waals surface area (Å²) < 4.78 is 0. The highest BCUT2D eigenvalue weighted by Crippen LogP contribution is 2.22. The van der Waals surface area contributed by atoms with Crippen molar-refractivity contribution >= 4 is 11.6 Å². The van der Waals surface area contributed by atoms with Crippen LogP contribution in [0.4, 0.5) is 0 Å². The Bertz CT molecular complexity index is 428. The summed E-state index contributed by atoms with van der Waals surface area (Å²) in [4.78, 5) is 2.44. The van der Waals surface area contributed by atoms with Crippen molar-refractivity contribution < 1.29 is 0 Å². The molecule has 0 bridgehead atoms. The Labute approximate surface area is 108 Å². The van der Waals surface area contributed by atoms with Gasteiger partial charge in [-0.25, -0.2) is 0 Å². The zero-order chi connectivity index (χ0) is 12.3. The lowest BCUT2D eigenvalue weighted by Gasteiger charge is -2.30. The van der Waals surface area contributed by atoms with Gasteiger partial charge in [0.2, 0.25) is 0 Å². The highest BCUT2D eigenvalue weighted by Gasteiger charge is 2.16. The van der Waals surface area contributed by atoms with Gasteiger partial charge in [0.25, 0.3) is 0 Å². The van der Waals surface area contributed by atoms with Crippen LogP contribution in [-0.2, 0) is 6.54 Å². The Balaban J connectivity index is 2.02. The predicted octanol–water partition coefficient (Wildman–Crippen LogP) is 3.44. The van der Waals surface area contributed by atoms with Gasteiger partial charge in [0.15, 0.2) is 0 Å². The first-order valence-corrected chi connectivity index (χ1v) is 6.47. The minimum absolute atomic E-state index is 0.631. The zero-order valence-electron chi connectivity index (χ0n) is 10.1. The van der Waals surface area contributed by atoms with Crippen LogP contribution in [0.3, 0.4) is 0 Å². The van der Waals surface area contributed by atoms with Crippen molar-refractivity contribution in [2.24, 2.45) is 5.92 Å². The smallest absolute Gasteiger partial charge is 0.0992 e. The molecule has 0 atom stereocenters.